The maximum Gasteiger partial charge on any atom is 0.408 e. The predicted octanol–water partition coefficient (Wildman–Crippen LogP) is 6.02. The summed E-state index contributed by atoms with van der Waals surface area (Å²) in [6.45, 7) is 1.46. The second-order valence-electron chi connectivity index (χ2n) is 10.9. The molecule has 0 amide bonds. The van der Waals surface area contributed by atoms with Crippen molar-refractivity contribution in [3.8, 4) is 28.3 Å². The number of aromatic nitrogens is 5. The molecule has 1 aliphatic heterocycles. The molecule has 0 bridgehead atoms. The third-order valence-corrected chi connectivity index (χ3v) is 7.44. The molecular weight excluding hydrogens is 564 g/mol. The SMILES string of the molecule is COc1cccc(F)c1-c1nccc(Nc2cc(N3CCC(CCN(C)C)CC3)c(-c3cnn(CC(F)(F)F)c3)cn2)n1. The molecule has 4 heterocycles. The number of nitrogens with one attached hydrogen (secondary N) is 1. The van der Waals surface area contributed by atoms with Crippen molar-refractivity contribution in [2.75, 3.05) is 51.1 Å². The Balaban J connectivity index is 1.44. The van der Waals surface area contributed by atoms with Gasteiger partial charge in [-0.15, -0.1) is 0 Å². The van der Waals surface area contributed by atoms with Gasteiger partial charge in [0.05, 0.1) is 18.9 Å². The highest BCUT2D eigenvalue weighted by atomic mass is 19.4. The summed E-state index contributed by atoms with van der Waals surface area (Å²) in [5.41, 5.74) is 2.21. The number of anilines is 3. The van der Waals surface area contributed by atoms with Crippen LogP contribution in [0, 0.1) is 11.7 Å². The smallest absolute Gasteiger partial charge is 0.408 e. The van der Waals surface area contributed by atoms with Crippen molar-refractivity contribution in [1.82, 2.24) is 29.6 Å². The number of alkyl halides is 3. The van der Waals surface area contributed by atoms with Crippen LogP contribution >= 0.6 is 0 Å². The minimum Gasteiger partial charge on any atom is -0.496 e. The van der Waals surface area contributed by atoms with Crippen molar-refractivity contribution in [3.05, 3.63) is 60.9 Å². The molecule has 3 aromatic heterocycles. The molecule has 43 heavy (non-hydrogen) atoms. The molecule has 13 heteroatoms. The highest BCUT2D eigenvalue weighted by Crippen LogP contribution is 2.36. The van der Waals surface area contributed by atoms with Crippen LogP contribution in [0.2, 0.25) is 0 Å². The van der Waals surface area contributed by atoms with Crippen LogP contribution in [-0.4, -0.2) is 76.6 Å². The van der Waals surface area contributed by atoms with Crippen LogP contribution < -0.4 is 15.0 Å². The molecule has 0 spiro atoms. The number of piperidine rings is 1. The highest BCUT2D eigenvalue weighted by Gasteiger charge is 2.29. The van der Waals surface area contributed by atoms with Gasteiger partial charge in [0.1, 0.15) is 29.7 Å². The number of nitrogens with zero attached hydrogens (tertiary/aromatic N) is 7. The molecule has 1 saturated heterocycles. The molecule has 1 aromatic carbocycles. The Labute approximate surface area is 247 Å². The molecule has 0 aliphatic carbocycles. The topological polar surface area (TPSA) is 84.2 Å². The average Bonchev–Trinajstić information content (AvgIpc) is 3.43. The first-order valence-corrected chi connectivity index (χ1v) is 14.0. The van der Waals surface area contributed by atoms with E-state index < -0.39 is 18.5 Å². The highest BCUT2D eigenvalue weighted by molar-refractivity contribution is 5.80. The van der Waals surface area contributed by atoms with E-state index in [0.29, 0.717) is 34.4 Å². The normalized spacial score (nSPS) is 14.4. The maximum atomic E-state index is 14.7. The Hall–Kier alpha value is -4.26. The first kappa shape index (κ1) is 30.2. The Morgan fingerprint density at radius 3 is 2.58 bits per heavy atom. The number of hydrogen-bond donors (Lipinski definition) is 1. The van der Waals surface area contributed by atoms with Crippen LogP contribution in [0.25, 0.3) is 22.5 Å². The van der Waals surface area contributed by atoms with E-state index in [-0.39, 0.29) is 11.4 Å². The van der Waals surface area contributed by atoms with Gasteiger partial charge in [0.2, 0.25) is 0 Å². The van der Waals surface area contributed by atoms with Crippen molar-refractivity contribution in [3.63, 3.8) is 0 Å². The van der Waals surface area contributed by atoms with E-state index in [1.54, 1.807) is 24.4 Å². The molecule has 4 aromatic rings. The fourth-order valence-electron chi connectivity index (χ4n) is 5.24. The molecule has 1 fully saturated rings. The molecule has 9 nitrogen and oxygen atoms in total. The molecule has 1 aliphatic rings. The van der Waals surface area contributed by atoms with Crippen LogP contribution in [-0.2, 0) is 6.54 Å². The fourth-order valence-corrected chi connectivity index (χ4v) is 5.24. The van der Waals surface area contributed by atoms with Crippen molar-refractivity contribution in [2.45, 2.75) is 32.0 Å². The van der Waals surface area contributed by atoms with Crippen LogP contribution in [0.4, 0.5) is 34.9 Å². The van der Waals surface area contributed by atoms with Gasteiger partial charge < -0.3 is 19.9 Å². The van der Waals surface area contributed by atoms with Gasteiger partial charge in [-0.1, -0.05) is 6.07 Å². The first-order valence-electron chi connectivity index (χ1n) is 14.0. The molecule has 0 saturated carbocycles. The maximum absolute atomic E-state index is 14.7. The number of halogens is 4. The largest absolute Gasteiger partial charge is 0.496 e. The van der Waals surface area contributed by atoms with E-state index >= 15 is 0 Å². The lowest BCUT2D eigenvalue weighted by atomic mass is 9.92. The first-order chi connectivity index (χ1) is 20.6. The number of ether oxygens (including phenoxy) is 1. The van der Waals surface area contributed by atoms with Crippen molar-refractivity contribution in [1.29, 1.82) is 0 Å². The minimum atomic E-state index is -4.38. The number of methoxy groups -OCH3 is 1. The Morgan fingerprint density at radius 1 is 1.07 bits per heavy atom. The van der Waals surface area contributed by atoms with Crippen LogP contribution in [0.15, 0.2) is 55.1 Å². The third-order valence-electron chi connectivity index (χ3n) is 7.44. The number of hydrogen-bond acceptors (Lipinski definition) is 8. The monoisotopic (exact) mass is 598 g/mol. The van der Waals surface area contributed by atoms with E-state index in [0.717, 1.165) is 49.3 Å². The van der Waals surface area contributed by atoms with Gasteiger partial charge in [0, 0.05) is 54.6 Å². The zero-order valence-corrected chi connectivity index (χ0v) is 24.3. The predicted molar refractivity (Wildman–Crippen MR) is 157 cm³/mol. The Bertz CT molecular complexity index is 1530. The van der Waals surface area contributed by atoms with Crippen molar-refractivity contribution in [2.24, 2.45) is 5.92 Å². The van der Waals surface area contributed by atoms with E-state index in [1.165, 1.54) is 31.8 Å². The summed E-state index contributed by atoms with van der Waals surface area (Å²) in [5, 5.41) is 7.12. The van der Waals surface area contributed by atoms with Gasteiger partial charge >= 0.3 is 6.18 Å². The zero-order chi connectivity index (χ0) is 30.6. The summed E-state index contributed by atoms with van der Waals surface area (Å²) in [4.78, 5) is 17.7. The van der Waals surface area contributed by atoms with Gasteiger partial charge in [0.15, 0.2) is 5.82 Å². The summed E-state index contributed by atoms with van der Waals surface area (Å²) < 4.78 is 59.9. The molecular formula is C30H34F4N8O. The third kappa shape index (κ3) is 7.58. The number of benzene rings is 1. The lowest BCUT2D eigenvalue weighted by Crippen LogP contribution is -2.35. The van der Waals surface area contributed by atoms with E-state index in [2.05, 4.69) is 49.3 Å². The van der Waals surface area contributed by atoms with E-state index in [1.807, 2.05) is 6.07 Å². The van der Waals surface area contributed by atoms with Crippen LogP contribution in [0.1, 0.15) is 19.3 Å². The lowest BCUT2D eigenvalue weighted by Gasteiger charge is -2.35. The van der Waals surface area contributed by atoms with Gasteiger partial charge in [0.25, 0.3) is 0 Å². The van der Waals surface area contributed by atoms with Crippen LogP contribution in [0.5, 0.6) is 5.75 Å². The minimum absolute atomic E-state index is 0.144. The summed E-state index contributed by atoms with van der Waals surface area (Å²) in [6.07, 6.45) is 4.72. The summed E-state index contributed by atoms with van der Waals surface area (Å²) in [6, 6.07) is 8.00. The average molecular weight is 599 g/mol. The molecule has 0 unspecified atom stereocenters. The molecule has 0 radical (unpaired) electrons. The van der Waals surface area contributed by atoms with E-state index in [9.17, 15) is 17.6 Å². The molecule has 1 N–H and O–H groups in total. The van der Waals surface area contributed by atoms with Gasteiger partial charge in [-0.2, -0.15) is 18.3 Å². The zero-order valence-electron chi connectivity index (χ0n) is 24.3. The van der Waals surface area contributed by atoms with Crippen molar-refractivity contribution < 1.29 is 22.3 Å². The Morgan fingerprint density at radius 2 is 1.86 bits per heavy atom. The molecule has 5 rings (SSSR count). The summed E-state index contributed by atoms with van der Waals surface area (Å²) >= 11 is 0. The lowest BCUT2D eigenvalue weighted by molar-refractivity contribution is -0.142. The van der Waals surface area contributed by atoms with Gasteiger partial charge in [-0.25, -0.2) is 19.3 Å². The summed E-state index contributed by atoms with van der Waals surface area (Å²) in [5.74, 6) is 1.41. The fraction of sp³-hybridized carbons (Fsp3) is 0.400. The summed E-state index contributed by atoms with van der Waals surface area (Å²) in [7, 11) is 5.59. The van der Waals surface area contributed by atoms with Crippen LogP contribution in [0.3, 0.4) is 0 Å². The second-order valence-corrected chi connectivity index (χ2v) is 10.9. The van der Waals surface area contributed by atoms with Gasteiger partial charge in [-0.3, -0.25) is 4.68 Å². The number of rotatable bonds is 10. The standard InChI is InChI=1S/C30H34F4N8O/c1-40(2)12-8-20-9-13-41(14-10-20)24-15-27(36-17-22(24)21-16-37-42(18-21)19-30(32,33)34)38-26-7-11-35-29(39-26)28-23(31)5-4-6-25(28)43-3/h4-7,11,15-18,20H,8-10,12-14,19H2,1-3H3,(H,35,36,38,39). The quantitative estimate of drug-likeness (QED) is 0.222. The molecule has 0 atom stereocenters. The van der Waals surface area contributed by atoms with E-state index in [4.69, 9.17) is 4.74 Å². The Kier molecular flexibility index (Phi) is 9.09. The van der Waals surface area contributed by atoms with Gasteiger partial charge in [-0.05, 0) is 64.0 Å². The van der Waals surface area contributed by atoms with Crippen molar-refractivity contribution >= 4 is 17.3 Å². The number of pyridine rings is 1. The second kappa shape index (κ2) is 12.9. The molecule has 228 valence electrons.